The Kier molecular flexibility index (Phi) is 6.36. The zero-order valence-corrected chi connectivity index (χ0v) is 11.8. The van der Waals surface area contributed by atoms with Crippen molar-refractivity contribution >= 4 is 21.9 Å². The van der Waals surface area contributed by atoms with Crippen LogP contribution in [-0.2, 0) is 9.53 Å². The van der Waals surface area contributed by atoms with E-state index in [2.05, 4.69) is 32.9 Å². The molecule has 1 saturated carbocycles. The first-order valence-corrected chi connectivity index (χ1v) is 7.02. The Hall–Kier alpha value is -0.0900. The molecule has 0 heterocycles. The molecule has 3 nitrogen and oxygen atoms in total. The van der Waals surface area contributed by atoms with Gasteiger partial charge in [0, 0.05) is 12.6 Å². The standard InChI is InChI=1S/C12H22BrNO2/c1-9(10-6-4-3-5-7-10)14-8-11(13)12(15)16-2/h9-11,14H,3-8H2,1-2H3. The van der Waals surface area contributed by atoms with Gasteiger partial charge < -0.3 is 10.1 Å². The lowest BCUT2D eigenvalue weighted by atomic mass is 9.84. The minimum absolute atomic E-state index is 0.205. The molecule has 0 aromatic rings. The van der Waals surface area contributed by atoms with E-state index in [-0.39, 0.29) is 10.8 Å². The summed E-state index contributed by atoms with van der Waals surface area (Å²) < 4.78 is 4.66. The second-order valence-electron chi connectivity index (χ2n) is 4.59. The van der Waals surface area contributed by atoms with Gasteiger partial charge in [0.05, 0.1) is 7.11 Å². The molecule has 2 atom stereocenters. The van der Waals surface area contributed by atoms with Crippen molar-refractivity contribution in [2.24, 2.45) is 5.92 Å². The van der Waals surface area contributed by atoms with Crippen molar-refractivity contribution in [3.63, 3.8) is 0 Å². The second kappa shape index (κ2) is 7.28. The third-order valence-electron chi connectivity index (χ3n) is 3.43. The Morgan fingerprint density at radius 1 is 1.44 bits per heavy atom. The maximum Gasteiger partial charge on any atom is 0.320 e. The van der Waals surface area contributed by atoms with Crippen molar-refractivity contribution in [3.8, 4) is 0 Å². The van der Waals surface area contributed by atoms with Crippen molar-refractivity contribution in [1.82, 2.24) is 5.32 Å². The fraction of sp³-hybridized carbons (Fsp3) is 0.917. The van der Waals surface area contributed by atoms with Crippen LogP contribution in [0, 0.1) is 5.92 Å². The first-order valence-electron chi connectivity index (χ1n) is 6.10. The predicted molar refractivity (Wildman–Crippen MR) is 68.8 cm³/mol. The number of nitrogens with one attached hydrogen (secondary N) is 1. The van der Waals surface area contributed by atoms with E-state index in [1.54, 1.807) is 0 Å². The van der Waals surface area contributed by atoms with Crippen molar-refractivity contribution in [2.75, 3.05) is 13.7 Å². The third-order valence-corrected chi connectivity index (χ3v) is 4.13. The second-order valence-corrected chi connectivity index (χ2v) is 5.69. The van der Waals surface area contributed by atoms with Crippen molar-refractivity contribution in [2.45, 2.75) is 49.9 Å². The van der Waals surface area contributed by atoms with Crippen LogP contribution in [0.3, 0.4) is 0 Å². The molecule has 1 aliphatic carbocycles. The summed E-state index contributed by atoms with van der Waals surface area (Å²) >= 11 is 3.32. The van der Waals surface area contributed by atoms with Gasteiger partial charge >= 0.3 is 5.97 Å². The lowest BCUT2D eigenvalue weighted by Crippen LogP contribution is -2.40. The SMILES string of the molecule is COC(=O)C(Br)CNC(C)C1CCCCC1. The van der Waals surface area contributed by atoms with Gasteiger partial charge in [-0.15, -0.1) is 0 Å². The summed E-state index contributed by atoms with van der Waals surface area (Å²) in [6, 6.07) is 0.491. The van der Waals surface area contributed by atoms with E-state index in [0.717, 1.165) is 5.92 Å². The molecule has 0 radical (unpaired) electrons. The van der Waals surface area contributed by atoms with E-state index in [1.807, 2.05) is 0 Å². The molecule has 0 aromatic heterocycles. The number of alkyl halides is 1. The minimum Gasteiger partial charge on any atom is -0.468 e. The Morgan fingerprint density at radius 2 is 2.06 bits per heavy atom. The van der Waals surface area contributed by atoms with Gasteiger partial charge in [-0.2, -0.15) is 0 Å². The van der Waals surface area contributed by atoms with Crippen LogP contribution >= 0.6 is 15.9 Å². The Labute approximate surface area is 106 Å². The van der Waals surface area contributed by atoms with Gasteiger partial charge in [0.25, 0.3) is 0 Å². The number of ether oxygens (including phenoxy) is 1. The van der Waals surface area contributed by atoms with Gasteiger partial charge in [-0.1, -0.05) is 35.2 Å². The molecule has 16 heavy (non-hydrogen) atoms. The normalized spacial score (nSPS) is 21.4. The molecule has 0 aromatic carbocycles. The van der Waals surface area contributed by atoms with Gasteiger partial charge in [-0.25, -0.2) is 0 Å². The van der Waals surface area contributed by atoms with Crippen molar-refractivity contribution in [1.29, 1.82) is 0 Å². The highest BCUT2D eigenvalue weighted by Crippen LogP contribution is 2.26. The van der Waals surface area contributed by atoms with Gasteiger partial charge in [0.1, 0.15) is 4.83 Å². The fourth-order valence-electron chi connectivity index (χ4n) is 2.30. The molecule has 0 aliphatic heterocycles. The maximum absolute atomic E-state index is 11.2. The van der Waals surface area contributed by atoms with Crippen LogP contribution in [0.5, 0.6) is 0 Å². The Bertz CT molecular complexity index is 217. The molecule has 1 N–H and O–H groups in total. The fourth-order valence-corrected chi connectivity index (χ4v) is 2.68. The van der Waals surface area contributed by atoms with Crippen LogP contribution in [0.4, 0.5) is 0 Å². The average Bonchev–Trinajstić information content (AvgIpc) is 2.35. The van der Waals surface area contributed by atoms with Crippen LogP contribution < -0.4 is 5.32 Å². The molecule has 2 unspecified atom stereocenters. The Balaban J connectivity index is 2.23. The zero-order chi connectivity index (χ0) is 12.0. The smallest absolute Gasteiger partial charge is 0.320 e. The highest BCUT2D eigenvalue weighted by Gasteiger charge is 2.22. The summed E-state index contributed by atoms with van der Waals surface area (Å²) in [5, 5.41) is 3.42. The van der Waals surface area contributed by atoms with Gasteiger partial charge in [0.15, 0.2) is 0 Å². The van der Waals surface area contributed by atoms with E-state index in [1.165, 1.54) is 39.2 Å². The molecule has 4 heteroatoms. The Morgan fingerprint density at radius 3 is 2.62 bits per heavy atom. The molecule has 0 spiro atoms. The van der Waals surface area contributed by atoms with Crippen LogP contribution in [0.1, 0.15) is 39.0 Å². The van der Waals surface area contributed by atoms with Crippen LogP contribution in [0.2, 0.25) is 0 Å². The monoisotopic (exact) mass is 291 g/mol. The van der Waals surface area contributed by atoms with Crippen LogP contribution in [-0.4, -0.2) is 30.5 Å². The quantitative estimate of drug-likeness (QED) is 0.625. The number of hydrogen-bond donors (Lipinski definition) is 1. The lowest BCUT2D eigenvalue weighted by molar-refractivity contribution is -0.139. The molecule has 0 saturated heterocycles. The molecule has 0 amide bonds. The topological polar surface area (TPSA) is 38.3 Å². The molecule has 0 bridgehead atoms. The molecule has 1 aliphatic rings. The largest absolute Gasteiger partial charge is 0.468 e. The molecule has 94 valence electrons. The van der Waals surface area contributed by atoms with E-state index in [9.17, 15) is 4.79 Å². The summed E-state index contributed by atoms with van der Waals surface area (Å²) in [6.45, 7) is 2.86. The first-order chi connectivity index (χ1) is 7.65. The number of esters is 1. The molecule has 1 rings (SSSR count). The summed E-state index contributed by atoms with van der Waals surface area (Å²) in [7, 11) is 1.42. The summed E-state index contributed by atoms with van der Waals surface area (Å²) in [5.74, 6) is 0.564. The highest BCUT2D eigenvalue weighted by atomic mass is 79.9. The first kappa shape index (κ1) is 14.0. The number of carbonyl (C=O) groups is 1. The van der Waals surface area contributed by atoms with E-state index in [4.69, 9.17) is 0 Å². The van der Waals surface area contributed by atoms with Crippen molar-refractivity contribution < 1.29 is 9.53 Å². The number of methoxy groups -OCH3 is 1. The summed E-state index contributed by atoms with van der Waals surface area (Å²) in [4.78, 5) is 11.0. The number of rotatable bonds is 5. The van der Waals surface area contributed by atoms with Gasteiger partial charge in [-0.05, 0) is 25.7 Å². The van der Waals surface area contributed by atoms with Crippen LogP contribution in [0.15, 0.2) is 0 Å². The van der Waals surface area contributed by atoms with Crippen molar-refractivity contribution in [3.05, 3.63) is 0 Å². The van der Waals surface area contributed by atoms with Gasteiger partial charge in [-0.3, -0.25) is 4.79 Å². The molecule has 1 fully saturated rings. The summed E-state index contributed by atoms with van der Waals surface area (Å²) in [5.41, 5.74) is 0. The van der Waals surface area contributed by atoms with Gasteiger partial charge in [0.2, 0.25) is 0 Å². The minimum atomic E-state index is -0.233. The third kappa shape index (κ3) is 4.42. The lowest BCUT2D eigenvalue weighted by Gasteiger charge is -2.28. The van der Waals surface area contributed by atoms with E-state index >= 15 is 0 Å². The van der Waals surface area contributed by atoms with E-state index in [0.29, 0.717) is 12.6 Å². The number of carbonyl (C=O) groups excluding carboxylic acids is 1. The van der Waals surface area contributed by atoms with Crippen LogP contribution in [0.25, 0.3) is 0 Å². The molecular weight excluding hydrogens is 270 g/mol. The van der Waals surface area contributed by atoms with E-state index < -0.39 is 0 Å². The average molecular weight is 292 g/mol. The maximum atomic E-state index is 11.2. The number of halogens is 1. The highest BCUT2D eigenvalue weighted by molar-refractivity contribution is 9.10. The number of hydrogen-bond acceptors (Lipinski definition) is 3. The summed E-state index contributed by atoms with van der Waals surface area (Å²) in [6.07, 6.45) is 6.72. The molecular formula is C12H22BrNO2. The zero-order valence-electron chi connectivity index (χ0n) is 10.2. The predicted octanol–water partition coefficient (Wildman–Crippen LogP) is 2.48.